The van der Waals surface area contributed by atoms with Crippen LogP contribution in [0, 0.1) is 12.7 Å². The maximum absolute atomic E-state index is 13.2. The van der Waals surface area contributed by atoms with Crippen LogP contribution >= 0.6 is 43.2 Å². The Balaban J connectivity index is 2.07. The molecule has 1 aromatic heterocycles. The van der Waals surface area contributed by atoms with E-state index in [0.717, 1.165) is 35.7 Å². The van der Waals surface area contributed by atoms with E-state index in [-0.39, 0.29) is 5.82 Å². The predicted octanol–water partition coefficient (Wildman–Crippen LogP) is 6.45. The first-order valence-electron chi connectivity index (χ1n) is 6.23. The molecule has 5 heteroatoms. The van der Waals surface area contributed by atoms with E-state index >= 15 is 0 Å². The minimum absolute atomic E-state index is 0.257. The lowest BCUT2D eigenvalue weighted by Gasteiger charge is -2.00. The summed E-state index contributed by atoms with van der Waals surface area (Å²) in [5.74, 6) is -0.257. The topological polar surface area (TPSA) is 12.9 Å². The molecule has 0 saturated heterocycles. The normalized spacial score (nSPS) is 10.9. The van der Waals surface area contributed by atoms with Crippen molar-refractivity contribution >= 4 is 43.2 Å². The molecule has 3 aromatic rings. The molecule has 0 bridgehead atoms. The Hall–Kier alpha value is -1.04. The smallest absolute Gasteiger partial charge is 0.125 e. The Bertz CT molecular complexity index is 797. The number of rotatable bonds is 2. The molecule has 0 spiro atoms. The van der Waals surface area contributed by atoms with Crippen molar-refractivity contribution < 1.29 is 4.39 Å². The zero-order valence-electron chi connectivity index (χ0n) is 11.0. The fourth-order valence-corrected chi connectivity index (χ4v) is 3.96. The van der Waals surface area contributed by atoms with Crippen molar-refractivity contribution in [1.82, 2.24) is 4.98 Å². The number of thiazole rings is 1. The highest BCUT2D eigenvalue weighted by atomic mass is 79.9. The summed E-state index contributed by atoms with van der Waals surface area (Å²) in [6.07, 6.45) is 0. The molecule has 0 aliphatic carbocycles. The molecule has 0 amide bonds. The SMILES string of the molecule is Cc1sc(-c2ccc(F)cc2Br)nc1-c1ccc(Br)cc1. The van der Waals surface area contributed by atoms with Gasteiger partial charge in [0, 0.05) is 24.9 Å². The van der Waals surface area contributed by atoms with Crippen LogP contribution in [-0.4, -0.2) is 4.98 Å². The van der Waals surface area contributed by atoms with Crippen molar-refractivity contribution in [2.45, 2.75) is 6.92 Å². The zero-order valence-corrected chi connectivity index (χ0v) is 15.0. The maximum Gasteiger partial charge on any atom is 0.125 e. The predicted molar refractivity (Wildman–Crippen MR) is 93.1 cm³/mol. The summed E-state index contributed by atoms with van der Waals surface area (Å²) >= 11 is 8.45. The summed E-state index contributed by atoms with van der Waals surface area (Å²) < 4.78 is 15.0. The minimum Gasteiger partial charge on any atom is -0.236 e. The third-order valence-electron chi connectivity index (χ3n) is 3.08. The molecule has 0 atom stereocenters. The summed E-state index contributed by atoms with van der Waals surface area (Å²) in [5, 5.41) is 0.886. The monoisotopic (exact) mass is 425 g/mol. The molecule has 0 saturated carbocycles. The average molecular weight is 427 g/mol. The molecular formula is C16H10Br2FNS. The van der Waals surface area contributed by atoms with Crippen molar-refractivity contribution in [2.75, 3.05) is 0 Å². The summed E-state index contributed by atoms with van der Waals surface area (Å²) in [5.41, 5.74) is 2.96. The Kier molecular flexibility index (Phi) is 4.24. The van der Waals surface area contributed by atoms with Gasteiger partial charge in [0.15, 0.2) is 0 Å². The standard InChI is InChI=1S/C16H10Br2FNS/c1-9-15(10-2-4-11(17)5-3-10)20-16(21-9)13-7-6-12(19)8-14(13)18/h2-8H,1H3. The third kappa shape index (κ3) is 3.10. The van der Waals surface area contributed by atoms with Gasteiger partial charge in [-0.1, -0.05) is 28.1 Å². The molecule has 0 fully saturated rings. The second kappa shape index (κ2) is 5.99. The van der Waals surface area contributed by atoms with Crippen molar-refractivity contribution in [2.24, 2.45) is 0 Å². The number of hydrogen-bond donors (Lipinski definition) is 0. The lowest BCUT2D eigenvalue weighted by Crippen LogP contribution is -1.83. The first-order valence-corrected chi connectivity index (χ1v) is 8.63. The molecule has 0 N–H and O–H groups in total. The van der Waals surface area contributed by atoms with Crippen LogP contribution in [0.5, 0.6) is 0 Å². The molecule has 1 heterocycles. The van der Waals surface area contributed by atoms with E-state index in [9.17, 15) is 4.39 Å². The summed E-state index contributed by atoms with van der Waals surface area (Å²) in [4.78, 5) is 5.86. The van der Waals surface area contributed by atoms with E-state index in [1.165, 1.54) is 12.1 Å². The quantitative estimate of drug-likeness (QED) is 0.458. The molecule has 0 unspecified atom stereocenters. The van der Waals surface area contributed by atoms with Crippen LogP contribution in [0.15, 0.2) is 51.4 Å². The Morgan fingerprint density at radius 2 is 1.76 bits per heavy atom. The number of aromatic nitrogens is 1. The van der Waals surface area contributed by atoms with Crippen LogP contribution < -0.4 is 0 Å². The van der Waals surface area contributed by atoms with Crippen LogP contribution in [0.1, 0.15) is 4.88 Å². The van der Waals surface area contributed by atoms with Crippen LogP contribution in [-0.2, 0) is 0 Å². The highest BCUT2D eigenvalue weighted by Crippen LogP contribution is 2.36. The van der Waals surface area contributed by atoms with Gasteiger partial charge in [0.05, 0.1) is 5.69 Å². The van der Waals surface area contributed by atoms with Gasteiger partial charge in [-0.15, -0.1) is 11.3 Å². The van der Waals surface area contributed by atoms with E-state index in [0.29, 0.717) is 0 Å². The number of benzene rings is 2. The Labute approximate surface area is 143 Å². The maximum atomic E-state index is 13.2. The van der Waals surface area contributed by atoms with Crippen LogP contribution in [0.25, 0.3) is 21.8 Å². The summed E-state index contributed by atoms with van der Waals surface area (Å²) in [6, 6.07) is 12.7. The number of aryl methyl sites for hydroxylation is 1. The molecule has 0 aliphatic rings. The van der Waals surface area contributed by atoms with Crippen molar-refractivity contribution in [3.8, 4) is 21.8 Å². The fourth-order valence-electron chi connectivity index (χ4n) is 2.05. The van der Waals surface area contributed by atoms with Gasteiger partial charge in [-0.2, -0.15) is 0 Å². The van der Waals surface area contributed by atoms with E-state index in [4.69, 9.17) is 4.98 Å². The molecule has 106 valence electrons. The van der Waals surface area contributed by atoms with Gasteiger partial charge in [-0.3, -0.25) is 0 Å². The highest BCUT2D eigenvalue weighted by molar-refractivity contribution is 9.10. The van der Waals surface area contributed by atoms with E-state index in [2.05, 4.69) is 38.8 Å². The van der Waals surface area contributed by atoms with Gasteiger partial charge in [0.25, 0.3) is 0 Å². The first-order chi connectivity index (χ1) is 10.0. The first kappa shape index (κ1) is 14.9. The van der Waals surface area contributed by atoms with Gasteiger partial charge in [0.1, 0.15) is 10.8 Å². The molecule has 2 aromatic carbocycles. The van der Waals surface area contributed by atoms with Crippen molar-refractivity contribution in [1.29, 1.82) is 0 Å². The molecular weight excluding hydrogens is 417 g/mol. The van der Waals surface area contributed by atoms with Gasteiger partial charge in [-0.05, 0) is 53.2 Å². The summed E-state index contributed by atoms with van der Waals surface area (Å²) in [7, 11) is 0. The number of hydrogen-bond acceptors (Lipinski definition) is 2. The van der Waals surface area contributed by atoms with Crippen molar-refractivity contribution in [3.63, 3.8) is 0 Å². The Morgan fingerprint density at radius 3 is 2.43 bits per heavy atom. The lowest BCUT2D eigenvalue weighted by atomic mass is 10.1. The second-order valence-corrected chi connectivity index (χ2v) is 7.53. The fraction of sp³-hybridized carbons (Fsp3) is 0.0625. The van der Waals surface area contributed by atoms with E-state index in [1.807, 2.05) is 24.3 Å². The van der Waals surface area contributed by atoms with E-state index in [1.54, 1.807) is 17.4 Å². The highest BCUT2D eigenvalue weighted by Gasteiger charge is 2.13. The van der Waals surface area contributed by atoms with Crippen LogP contribution in [0.4, 0.5) is 4.39 Å². The largest absolute Gasteiger partial charge is 0.236 e. The minimum atomic E-state index is -0.257. The molecule has 0 radical (unpaired) electrons. The molecule has 0 aliphatic heterocycles. The third-order valence-corrected chi connectivity index (χ3v) is 5.26. The zero-order chi connectivity index (χ0) is 15.0. The lowest BCUT2D eigenvalue weighted by molar-refractivity contribution is 0.627. The number of halogens is 3. The second-order valence-electron chi connectivity index (χ2n) is 4.55. The van der Waals surface area contributed by atoms with Gasteiger partial charge >= 0.3 is 0 Å². The molecule has 21 heavy (non-hydrogen) atoms. The summed E-state index contributed by atoms with van der Waals surface area (Å²) in [6.45, 7) is 2.05. The van der Waals surface area contributed by atoms with Gasteiger partial charge in [0.2, 0.25) is 0 Å². The van der Waals surface area contributed by atoms with Crippen molar-refractivity contribution in [3.05, 3.63) is 62.1 Å². The Morgan fingerprint density at radius 1 is 1.05 bits per heavy atom. The van der Waals surface area contributed by atoms with Gasteiger partial charge in [-0.25, -0.2) is 9.37 Å². The van der Waals surface area contributed by atoms with E-state index < -0.39 is 0 Å². The van der Waals surface area contributed by atoms with Crippen LogP contribution in [0.3, 0.4) is 0 Å². The number of nitrogens with zero attached hydrogens (tertiary/aromatic N) is 1. The molecule has 1 nitrogen and oxygen atoms in total. The molecule has 3 rings (SSSR count). The van der Waals surface area contributed by atoms with Crippen LogP contribution in [0.2, 0.25) is 0 Å². The van der Waals surface area contributed by atoms with Gasteiger partial charge < -0.3 is 0 Å². The average Bonchev–Trinajstić information content (AvgIpc) is 2.81.